The van der Waals surface area contributed by atoms with E-state index >= 15 is 0 Å². The van der Waals surface area contributed by atoms with Crippen molar-refractivity contribution in [2.75, 3.05) is 6.61 Å². The normalized spacial score (nSPS) is 20.6. The molecule has 1 aliphatic rings. The smallest absolute Gasteiger partial charge is 0.307 e. The number of hydrogen-bond acceptors (Lipinski definition) is 5. The lowest BCUT2D eigenvalue weighted by Crippen LogP contribution is -2.42. The summed E-state index contributed by atoms with van der Waals surface area (Å²) < 4.78 is 6.67. The van der Waals surface area contributed by atoms with E-state index in [2.05, 4.69) is 12.2 Å². The van der Waals surface area contributed by atoms with Crippen molar-refractivity contribution in [2.24, 2.45) is 5.92 Å². The predicted molar refractivity (Wildman–Crippen MR) is 93.1 cm³/mol. The van der Waals surface area contributed by atoms with Crippen molar-refractivity contribution >= 4 is 23.2 Å². The Hall–Kier alpha value is -1.63. The van der Waals surface area contributed by atoms with E-state index in [-0.39, 0.29) is 29.8 Å². The highest BCUT2D eigenvalue weighted by atomic mass is 32.1. The first-order valence-corrected chi connectivity index (χ1v) is 9.45. The summed E-state index contributed by atoms with van der Waals surface area (Å²) in [5.41, 5.74) is 0.902. The first-order chi connectivity index (χ1) is 11.5. The highest BCUT2D eigenvalue weighted by Gasteiger charge is 2.23. The zero-order valence-electron chi connectivity index (χ0n) is 14.4. The molecule has 1 aromatic heterocycles. The highest BCUT2D eigenvalue weighted by Crippen LogP contribution is 2.23. The van der Waals surface area contributed by atoms with Crippen LogP contribution in [0.1, 0.15) is 51.1 Å². The molecule has 1 aliphatic carbocycles. The molecule has 6 nitrogen and oxygen atoms in total. The molecule has 1 amide bonds. The van der Waals surface area contributed by atoms with Crippen LogP contribution in [0.15, 0.2) is 10.2 Å². The Morgan fingerprint density at radius 1 is 1.38 bits per heavy atom. The van der Waals surface area contributed by atoms with Crippen molar-refractivity contribution in [1.82, 2.24) is 9.88 Å². The summed E-state index contributed by atoms with van der Waals surface area (Å²) in [6.07, 6.45) is 5.21. The van der Waals surface area contributed by atoms with Crippen LogP contribution < -0.4 is 10.2 Å². The van der Waals surface area contributed by atoms with Gasteiger partial charge in [-0.1, -0.05) is 31.1 Å². The molecule has 1 saturated carbocycles. The number of esters is 1. The SMILES string of the molecule is Cc1csc(=O)n1CCCC(=O)OCC(=O)N[C@@H]1CCCC[C@@H]1C. The quantitative estimate of drug-likeness (QED) is 0.762. The molecule has 0 aromatic carbocycles. The molecule has 0 bridgehead atoms. The second-order valence-corrected chi connectivity index (χ2v) is 7.32. The van der Waals surface area contributed by atoms with Crippen molar-refractivity contribution in [1.29, 1.82) is 0 Å². The van der Waals surface area contributed by atoms with Gasteiger partial charge in [-0.2, -0.15) is 0 Å². The van der Waals surface area contributed by atoms with E-state index < -0.39 is 5.97 Å². The standard InChI is InChI=1S/C17H26N2O4S/c1-12-6-3-4-7-14(12)18-15(20)10-23-16(21)8-5-9-19-13(2)11-24-17(19)22/h11-12,14H,3-10H2,1-2H3,(H,18,20)/t12-,14+/m0/s1. The van der Waals surface area contributed by atoms with Gasteiger partial charge in [-0.05, 0) is 32.1 Å². The van der Waals surface area contributed by atoms with Gasteiger partial charge >= 0.3 is 10.8 Å². The third-order valence-electron chi connectivity index (χ3n) is 4.56. The Morgan fingerprint density at radius 2 is 2.12 bits per heavy atom. The minimum atomic E-state index is -0.400. The molecule has 2 rings (SSSR count). The second-order valence-electron chi connectivity index (χ2n) is 6.49. The van der Waals surface area contributed by atoms with E-state index in [4.69, 9.17) is 4.74 Å². The number of carbonyl (C=O) groups is 2. The Bertz CT molecular complexity index is 622. The second kappa shape index (κ2) is 9.01. The number of aromatic nitrogens is 1. The van der Waals surface area contributed by atoms with E-state index in [1.807, 2.05) is 6.92 Å². The minimum Gasteiger partial charge on any atom is -0.456 e. The zero-order chi connectivity index (χ0) is 17.5. The number of aryl methyl sites for hydroxylation is 1. The summed E-state index contributed by atoms with van der Waals surface area (Å²) in [7, 11) is 0. The molecule has 7 heteroatoms. The van der Waals surface area contributed by atoms with Crippen molar-refractivity contribution < 1.29 is 14.3 Å². The molecule has 0 unspecified atom stereocenters. The largest absolute Gasteiger partial charge is 0.456 e. The maximum atomic E-state index is 11.9. The Balaban J connectivity index is 1.64. The number of thiazole rings is 1. The van der Waals surface area contributed by atoms with Gasteiger partial charge in [0.25, 0.3) is 5.91 Å². The third-order valence-corrected chi connectivity index (χ3v) is 5.44. The molecule has 24 heavy (non-hydrogen) atoms. The lowest BCUT2D eigenvalue weighted by atomic mass is 9.86. The number of nitrogens with zero attached hydrogens (tertiary/aromatic N) is 1. The summed E-state index contributed by atoms with van der Waals surface area (Å²) in [4.78, 5) is 35.1. The highest BCUT2D eigenvalue weighted by molar-refractivity contribution is 7.07. The number of hydrogen-bond donors (Lipinski definition) is 1. The van der Waals surface area contributed by atoms with E-state index in [1.165, 1.54) is 6.42 Å². The van der Waals surface area contributed by atoms with Gasteiger partial charge in [-0.25, -0.2) is 0 Å². The van der Waals surface area contributed by atoms with Crippen LogP contribution >= 0.6 is 11.3 Å². The molecular formula is C17H26N2O4S. The van der Waals surface area contributed by atoms with E-state index in [0.717, 1.165) is 36.3 Å². The molecule has 134 valence electrons. The van der Waals surface area contributed by atoms with Crippen molar-refractivity contribution in [3.05, 3.63) is 20.7 Å². The molecule has 2 atom stereocenters. The molecule has 0 saturated heterocycles. The maximum Gasteiger partial charge on any atom is 0.307 e. The molecule has 0 aliphatic heterocycles. The fourth-order valence-electron chi connectivity index (χ4n) is 3.05. The summed E-state index contributed by atoms with van der Waals surface area (Å²) in [5, 5.41) is 4.76. The Morgan fingerprint density at radius 3 is 2.79 bits per heavy atom. The Kier molecular flexibility index (Phi) is 7.02. The molecule has 0 spiro atoms. The van der Waals surface area contributed by atoms with Gasteiger partial charge < -0.3 is 14.6 Å². The van der Waals surface area contributed by atoms with Crippen LogP contribution in [0.4, 0.5) is 0 Å². The van der Waals surface area contributed by atoms with Crippen LogP contribution in [0.3, 0.4) is 0 Å². The number of carbonyl (C=O) groups excluding carboxylic acids is 2. The molecule has 1 heterocycles. The van der Waals surface area contributed by atoms with Crippen LogP contribution in [-0.2, 0) is 20.9 Å². The zero-order valence-corrected chi connectivity index (χ0v) is 15.2. The van der Waals surface area contributed by atoms with Gasteiger partial charge in [0.2, 0.25) is 0 Å². The van der Waals surface area contributed by atoms with Crippen molar-refractivity contribution in [3.63, 3.8) is 0 Å². The number of nitrogens with one attached hydrogen (secondary N) is 1. The third kappa shape index (κ3) is 5.47. The fraction of sp³-hybridized carbons (Fsp3) is 0.706. The molecule has 0 radical (unpaired) electrons. The molecule has 1 aromatic rings. The van der Waals surface area contributed by atoms with Crippen LogP contribution in [0.5, 0.6) is 0 Å². The van der Waals surface area contributed by atoms with Gasteiger partial charge in [0.15, 0.2) is 6.61 Å². The van der Waals surface area contributed by atoms with Gasteiger partial charge in [-0.15, -0.1) is 0 Å². The number of ether oxygens (including phenoxy) is 1. The van der Waals surface area contributed by atoms with E-state index in [9.17, 15) is 14.4 Å². The first kappa shape index (κ1) is 18.7. The van der Waals surface area contributed by atoms with Gasteiger partial charge in [-0.3, -0.25) is 14.4 Å². The van der Waals surface area contributed by atoms with Crippen LogP contribution in [-0.4, -0.2) is 29.1 Å². The lowest BCUT2D eigenvalue weighted by molar-refractivity contribution is -0.149. The van der Waals surface area contributed by atoms with Crippen molar-refractivity contribution in [3.8, 4) is 0 Å². The maximum absolute atomic E-state index is 11.9. The minimum absolute atomic E-state index is 0.0122. The summed E-state index contributed by atoms with van der Waals surface area (Å²) in [6, 6.07) is 0.193. The lowest BCUT2D eigenvalue weighted by Gasteiger charge is -2.29. The molecular weight excluding hydrogens is 328 g/mol. The topological polar surface area (TPSA) is 77.4 Å². The number of amides is 1. The van der Waals surface area contributed by atoms with Crippen molar-refractivity contribution in [2.45, 2.75) is 65.0 Å². The van der Waals surface area contributed by atoms with E-state index in [0.29, 0.717) is 18.9 Å². The average Bonchev–Trinajstić information content (AvgIpc) is 2.87. The van der Waals surface area contributed by atoms with Gasteiger partial charge in [0, 0.05) is 30.1 Å². The average molecular weight is 354 g/mol. The monoisotopic (exact) mass is 354 g/mol. The first-order valence-electron chi connectivity index (χ1n) is 8.57. The van der Waals surface area contributed by atoms with Gasteiger partial charge in [0.05, 0.1) is 0 Å². The van der Waals surface area contributed by atoms with Crippen LogP contribution in [0, 0.1) is 12.8 Å². The van der Waals surface area contributed by atoms with E-state index in [1.54, 1.807) is 9.95 Å². The summed E-state index contributed by atoms with van der Waals surface area (Å²) in [5.74, 6) is -0.152. The fourth-order valence-corrected chi connectivity index (χ4v) is 3.81. The summed E-state index contributed by atoms with van der Waals surface area (Å²) in [6.45, 7) is 4.28. The van der Waals surface area contributed by atoms with Crippen LogP contribution in [0.2, 0.25) is 0 Å². The van der Waals surface area contributed by atoms with Crippen LogP contribution in [0.25, 0.3) is 0 Å². The molecule has 1 N–H and O–H groups in total. The summed E-state index contributed by atoms with van der Waals surface area (Å²) >= 11 is 1.16. The molecule has 1 fully saturated rings. The van der Waals surface area contributed by atoms with Gasteiger partial charge in [0.1, 0.15) is 0 Å². The number of rotatable bonds is 7. The Labute approximate surface area is 146 Å². The predicted octanol–water partition coefficient (Wildman–Crippen LogP) is 2.24.